The second-order valence-corrected chi connectivity index (χ2v) is 5.70. The van der Waals surface area contributed by atoms with Crippen LogP contribution < -0.4 is 10.6 Å². The van der Waals surface area contributed by atoms with E-state index in [9.17, 15) is 4.79 Å². The van der Waals surface area contributed by atoms with Crippen LogP contribution in [0.3, 0.4) is 0 Å². The summed E-state index contributed by atoms with van der Waals surface area (Å²) in [6.45, 7) is 1.81. The maximum absolute atomic E-state index is 11.3. The number of nitrogens with two attached hydrogens (primary N) is 1. The number of amides is 1. The third-order valence-corrected chi connectivity index (χ3v) is 4.55. The fourth-order valence-electron chi connectivity index (χ4n) is 2.69. The van der Waals surface area contributed by atoms with Crippen LogP contribution in [0.15, 0.2) is 30.3 Å². The van der Waals surface area contributed by atoms with Crippen LogP contribution in [0.2, 0.25) is 0 Å². The summed E-state index contributed by atoms with van der Waals surface area (Å²) in [5.41, 5.74) is 7.02. The maximum atomic E-state index is 11.3. The first kappa shape index (κ1) is 13.1. The number of aromatic nitrogens is 2. The minimum atomic E-state index is -0.501. The number of piperidine rings is 1. The van der Waals surface area contributed by atoms with E-state index in [-0.39, 0.29) is 0 Å². The molecule has 1 aromatic carbocycles. The van der Waals surface area contributed by atoms with Gasteiger partial charge in [0.15, 0.2) is 5.69 Å². The molecule has 5 nitrogen and oxygen atoms in total. The predicted octanol–water partition coefficient (Wildman–Crippen LogP) is 2.02. The number of primary amides is 1. The lowest BCUT2D eigenvalue weighted by molar-refractivity contribution is 0.0996. The minimum absolute atomic E-state index is 0.299. The van der Waals surface area contributed by atoms with Crippen molar-refractivity contribution in [1.82, 2.24) is 9.59 Å². The third-order valence-electron chi connectivity index (χ3n) is 3.76. The fraction of sp³-hybridized carbons (Fsp3) is 0.357. The molecule has 1 fully saturated rings. The molecule has 6 heteroatoms. The lowest BCUT2D eigenvalue weighted by Gasteiger charge is -2.32. The minimum Gasteiger partial charge on any atom is -0.364 e. The Hall–Kier alpha value is -1.95. The standard InChI is InChI=1S/C14H16N4OS/c15-13(19)12-14(20-17-16-12)18-8-6-11(7-9-18)10-4-2-1-3-5-10/h1-5,11H,6-9H2,(H2,15,19). The van der Waals surface area contributed by atoms with E-state index in [2.05, 4.69) is 38.8 Å². The maximum Gasteiger partial charge on any atom is 0.272 e. The molecule has 0 atom stereocenters. The fourth-order valence-corrected chi connectivity index (χ4v) is 3.41. The van der Waals surface area contributed by atoms with E-state index in [1.54, 1.807) is 0 Å². The Morgan fingerprint density at radius 2 is 1.95 bits per heavy atom. The average Bonchev–Trinajstić information content (AvgIpc) is 2.98. The molecule has 20 heavy (non-hydrogen) atoms. The number of anilines is 1. The van der Waals surface area contributed by atoms with Crippen molar-refractivity contribution in [2.75, 3.05) is 18.0 Å². The van der Waals surface area contributed by atoms with Gasteiger partial charge in [-0.25, -0.2) is 0 Å². The van der Waals surface area contributed by atoms with Gasteiger partial charge in [0, 0.05) is 24.6 Å². The summed E-state index contributed by atoms with van der Waals surface area (Å²) in [4.78, 5) is 13.5. The first-order chi connectivity index (χ1) is 9.75. The highest BCUT2D eigenvalue weighted by Crippen LogP contribution is 2.32. The average molecular weight is 288 g/mol. The predicted molar refractivity (Wildman–Crippen MR) is 79.1 cm³/mol. The molecule has 1 saturated heterocycles. The van der Waals surface area contributed by atoms with Crippen molar-refractivity contribution >= 4 is 22.4 Å². The van der Waals surface area contributed by atoms with Gasteiger partial charge < -0.3 is 10.6 Å². The molecule has 0 saturated carbocycles. The van der Waals surface area contributed by atoms with Crippen molar-refractivity contribution in [2.45, 2.75) is 18.8 Å². The Balaban J connectivity index is 1.70. The van der Waals surface area contributed by atoms with E-state index in [4.69, 9.17) is 5.73 Å². The van der Waals surface area contributed by atoms with Crippen LogP contribution in [0.1, 0.15) is 34.8 Å². The largest absolute Gasteiger partial charge is 0.364 e. The number of hydrogen-bond donors (Lipinski definition) is 1. The van der Waals surface area contributed by atoms with Gasteiger partial charge in [0.1, 0.15) is 5.00 Å². The smallest absolute Gasteiger partial charge is 0.272 e. The lowest BCUT2D eigenvalue weighted by Crippen LogP contribution is -2.33. The molecule has 1 aliphatic rings. The molecule has 0 bridgehead atoms. The van der Waals surface area contributed by atoms with Crippen molar-refractivity contribution in [1.29, 1.82) is 0 Å². The van der Waals surface area contributed by atoms with Gasteiger partial charge in [0.25, 0.3) is 5.91 Å². The molecule has 3 rings (SSSR count). The van der Waals surface area contributed by atoms with Gasteiger partial charge >= 0.3 is 0 Å². The summed E-state index contributed by atoms with van der Waals surface area (Å²) in [6.07, 6.45) is 2.14. The number of carbonyl (C=O) groups excluding carboxylic acids is 1. The molecule has 104 valence electrons. The molecular formula is C14H16N4OS. The zero-order valence-corrected chi connectivity index (χ0v) is 11.8. The number of hydrogen-bond acceptors (Lipinski definition) is 5. The van der Waals surface area contributed by atoms with E-state index in [0.717, 1.165) is 30.9 Å². The Morgan fingerprint density at radius 1 is 1.25 bits per heavy atom. The number of benzene rings is 1. The number of carbonyl (C=O) groups is 1. The number of rotatable bonds is 3. The number of nitrogens with zero attached hydrogens (tertiary/aromatic N) is 3. The Kier molecular flexibility index (Phi) is 3.64. The van der Waals surface area contributed by atoms with Crippen LogP contribution in [0.4, 0.5) is 5.00 Å². The Morgan fingerprint density at radius 3 is 2.60 bits per heavy atom. The van der Waals surface area contributed by atoms with E-state index in [1.165, 1.54) is 17.1 Å². The molecule has 2 heterocycles. The SMILES string of the molecule is NC(=O)c1nnsc1N1CCC(c2ccccc2)CC1. The molecular weight excluding hydrogens is 272 g/mol. The second-order valence-electron chi connectivity index (χ2n) is 4.96. The second kappa shape index (κ2) is 5.58. The molecule has 1 amide bonds. The molecule has 1 aliphatic heterocycles. The molecule has 0 radical (unpaired) electrons. The third kappa shape index (κ3) is 2.51. The van der Waals surface area contributed by atoms with Crippen molar-refractivity contribution in [2.24, 2.45) is 5.73 Å². The van der Waals surface area contributed by atoms with E-state index >= 15 is 0 Å². The molecule has 0 unspecified atom stereocenters. The van der Waals surface area contributed by atoms with Gasteiger partial charge in [-0.1, -0.05) is 34.8 Å². The summed E-state index contributed by atoms with van der Waals surface area (Å²) in [6, 6.07) is 10.6. The Labute approximate surface area is 121 Å². The summed E-state index contributed by atoms with van der Waals surface area (Å²) in [5, 5.41) is 4.63. The summed E-state index contributed by atoms with van der Waals surface area (Å²) in [5.74, 6) is 0.0873. The van der Waals surface area contributed by atoms with E-state index < -0.39 is 5.91 Å². The topological polar surface area (TPSA) is 72.1 Å². The van der Waals surface area contributed by atoms with Crippen molar-refractivity contribution in [3.63, 3.8) is 0 Å². The van der Waals surface area contributed by atoms with Gasteiger partial charge in [-0.05, 0) is 24.3 Å². The van der Waals surface area contributed by atoms with Gasteiger partial charge in [0.05, 0.1) is 0 Å². The zero-order valence-electron chi connectivity index (χ0n) is 11.0. The molecule has 0 aliphatic carbocycles. The van der Waals surface area contributed by atoms with Crippen LogP contribution in [-0.2, 0) is 0 Å². The quantitative estimate of drug-likeness (QED) is 0.938. The summed E-state index contributed by atoms with van der Waals surface area (Å²) >= 11 is 1.25. The van der Waals surface area contributed by atoms with Crippen LogP contribution in [-0.4, -0.2) is 28.6 Å². The summed E-state index contributed by atoms with van der Waals surface area (Å²) < 4.78 is 3.84. The molecule has 0 spiro atoms. The van der Waals surface area contributed by atoms with Crippen LogP contribution in [0, 0.1) is 0 Å². The summed E-state index contributed by atoms with van der Waals surface area (Å²) in [7, 11) is 0. The monoisotopic (exact) mass is 288 g/mol. The van der Waals surface area contributed by atoms with Crippen LogP contribution >= 0.6 is 11.5 Å². The van der Waals surface area contributed by atoms with Crippen molar-refractivity contribution in [3.8, 4) is 0 Å². The lowest BCUT2D eigenvalue weighted by atomic mass is 9.89. The van der Waals surface area contributed by atoms with Crippen LogP contribution in [0.5, 0.6) is 0 Å². The highest BCUT2D eigenvalue weighted by atomic mass is 32.1. The van der Waals surface area contributed by atoms with Crippen molar-refractivity contribution in [3.05, 3.63) is 41.6 Å². The van der Waals surface area contributed by atoms with Gasteiger partial charge in [0.2, 0.25) is 0 Å². The Bertz CT molecular complexity index is 590. The van der Waals surface area contributed by atoms with E-state index in [1.807, 2.05) is 6.07 Å². The first-order valence-corrected chi connectivity index (χ1v) is 7.45. The van der Waals surface area contributed by atoms with Gasteiger partial charge in [-0.2, -0.15) is 0 Å². The molecule has 2 N–H and O–H groups in total. The highest BCUT2D eigenvalue weighted by molar-refractivity contribution is 7.10. The first-order valence-electron chi connectivity index (χ1n) is 6.68. The van der Waals surface area contributed by atoms with Gasteiger partial charge in [-0.15, -0.1) is 5.10 Å². The zero-order chi connectivity index (χ0) is 13.9. The van der Waals surface area contributed by atoms with Crippen molar-refractivity contribution < 1.29 is 4.79 Å². The van der Waals surface area contributed by atoms with Crippen LogP contribution in [0.25, 0.3) is 0 Å². The van der Waals surface area contributed by atoms with E-state index in [0.29, 0.717) is 11.6 Å². The molecule has 1 aromatic heterocycles. The normalized spacial score (nSPS) is 16.3. The molecule has 2 aromatic rings. The highest BCUT2D eigenvalue weighted by Gasteiger charge is 2.25. The van der Waals surface area contributed by atoms with Gasteiger partial charge in [-0.3, -0.25) is 4.79 Å².